The Balaban J connectivity index is 1.86. The number of anilines is 1. The Morgan fingerprint density at radius 1 is 1.62 bits per heavy atom. The van der Waals surface area contributed by atoms with E-state index in [0.717, 1.165) is 9.35 Å². The first-order chi connectivity index (χ1) is 10.1. The van der Waals surface area contributed by atoms with E-state index in [1.807, 2.05) is 11.4 Å². The lowest BCUT2D eigenvalue weighted by Gasteiger charge is -2.16. The van der Waals surface area contributed by atoms with Crippen LogP contribution in [0.15, 0.2) is 28.3 Å². The van der Waals surface area contributed by atoms with Crippen LogP contribution in [0.25, 0.3) is 0 Å². The van der Waals surface area contributed by atoms with Gasteiger partial charge in [-0.2, -0.15) is 5.10 Å². The van der Waals surface area contributed by atoms with Crippen molar-refractivity contribution in [2.75, 3.05) is 26.1 Å². The standard InChI is InChI=1S/C13H17BrN4O2S/c1-17(8-12-5-10(14)9-21-12)13(19)16-11-6-15-18(7-11)3-4-20-2/h5-7,9H,3-4,8H2,1-2H3,(H,16,19). The van der Waals surface area contributed by atoms with Gasteiger partial charge >= 0.3 is 6.03 Å². The first kappa shape index (κ1) is 16.0. The molecule has 2 amide bonds. The number of urea groups is 1. The molecule has 21 heavy (non-hydrogen) atoms. The predicted molar refractivity (Wildman–Crippen MR) is 86.6 cm³/mol. The van der Waals surface area contributed by atoms with Crippen molar-refractivity contribution in [2.24, 2.45) is 0 Å². The monoisotopic (exact) mass is 372 g/mol. The Hall–Kier alpha value is -1.38. The maximum atomic E-state index is 12.1. The number of methoxy groups -OCH3 is 1. The molecule has 2 heterocycles. The zero-order chi connectivity index (χ0) is 15.2. The van der Waals surface area contributed by atoms with Crippen LogP contribution in [0.5, 0.6) is 0 Å². The van der Waals surface area contributed by atoms with Crippen molar-refractivity contribution in [1.82, 2.24) is 14.7 Å². The maximum absolute atomic E-state index is 12.1. The summed E-state index contributed by atoms with van der Waals surface area (Å²) in [5.41, 5.74) is 0.676. The van der Waals surface area contributed by atoms with E-state index >= 15 is 0 Å². The topological polar surface area (TPSA) is 59.4 Å². The molecule has 8 heteroatoms. The number of aromatic nitrogens is 2. The molecule has 0 unspecified atom stereocenters. The molecule has 2 rings (SSSR count). The number of hydrogen-bond donors (Lipinski definition) is 1. The average molecular weight is 373 g/mol. The number of carbonyl (C=O) groups is 1. The quantitative estimate of drug-likeness (QED) is 0.847. The van der Waals surface area contributed by atoms with Crippen molar-refractivity contribution >= 4 is 39.0 Å². The fourth-order valence-corrected chi connectivity index (χ4v) is 3.20. The number of nitrogens with one attached hydrogen (secondary N) is 1. The van der Waals surface area contributed by atoms with Crippen LogP contribution >= 0.6 is 27.3 Å². The molecule has 0 spiro atoms. The SMILES string of the molecule is COCCn1cc(NC(=O)N(C)Cc2cc(Br)cs2)cn1. The Morgan fingerprint density at radius 2 is 2.43 bits per heavy atom. The van der Waals surface area contributed by atoms with Crippen LogP contribution in [-0.4, -0.2) is 41.5 Å². The highest BCUT2D eigenvalue weighted by Gasteiger charge is 2.11. The highest BCUT2D eigenvalue weighted by atomic mass is 79.9. The maximum Gasteiger partial charge on any atom is 0.322 e. The lowest BCUT2D eigenvalue weighted by molar-refractivity contribution is 0.183. The van der Waals surface area contributed by atoms with Crippen LogP contribution in [-0.2, 0) is 17.8 Å². The second-order valence-corrected chi connectivity index (χ2v) is 6.41. The number of thiophene rings is 1. The smallest absolute Gasteiger partial charge is 0.322 e. The minimum absolute atomic E-state index is 0.161. The molecule has 0 radical (unpaired) electrons. The molecule has 0 bridgehead atoms. The molecule has 0 aromatic carbocycles. The molecule has 0 saturated heterocycles. The first-order valence-electron chi connectivity index (χ1n) is 6.35. The zero-order valence-electron chi connectivity index (χ0n) is 11.9. The summed E-state index contributed by atoms with van der Waals surface area (Å²) in [5.74, 6) is 0. The third kappa shape index (κ3) is 4.83. The second kappa shape index (κ2) is 7.58. The minimum Gasteiger partial charge on any atom is -0.383 e. The molecular weight excluding hydrogens is 356 g/mol. The van der Waals surface area contributed by atoms with E-state index in [1.54, 1.807) is 47.5 Å². The van der Waals surface area contributed by atoms with E-state index in [4.69, 9.17) is 4.74 Å². The molecule has 0 aliphatic heterocycles. The molecule has 0 aliphatic carbocycles. The summed E-state index contributed by atoms with van der Waals surface area (Å²) < 4.78 is 7.75. The summed E-state index contributed by atoms with van der Waals surface area (Å²) in [5, 5.41) is 8.97. The fourth-order valence-electron chi connectivity index (χ4n) is 1.70. The number of hydrogen-bond acceptors (Lipinski definition) is 4. The van der Waals surface area contributed by atoms with Gasteiger partial charge in [0.05, 0.1) is 31.6 Å². The summed E-state index contributed by atoms with van der Waals surface area (Å²) in [6, 6.07) is 1.85. The van der Waals surface area contributed by atoms with E-state index in [2.05, 4.69) is 26.3 Å². The van der Waals surface area contributed by atoms with E-state index in [1.165, 1.54) is 0 Å². The third-order valence-corrected chi connectivity index (χ3v) is 4.45. The van der Waals surface area contributed by atoms with Gasteiger partial charge in [0.1, 0.15) is 0 Å². The van der Waals surface area contributed by atoms with Crippen molar-refractivity contribution in [3.63, 3.8) is 0 Å². The molecule has 114 valence electrons. The largest absolute Gasteiger partial charge is 0.383 e. The Morgan fingerprint density at radius 3 is 3.10 bits per heavy atom. The van der Waals surface area contributed by atoms with Gasteiger partial charge in [-0.3, -0.25) is 4.68 Å². The normalized spacial score (nSPS) is 10.6. The van der Waals surface area contributed by atoms with Crippen LogP contribution in [0, 0.1) is 0 Å². The van der Waals surface area contributed by atoms with Crippen LogP contribution < -0.4 is 5.32 Å². The van der Waals surface area contributed by atoms with Gasteiger partial charge in [-0.05, 0) is 22.0 Å². The van der Waals surface area contributed by atoms with Crippen molar-refractivity contribution < 1.29 is 9.53 Å². The van der Waals surface area contributed by atoms with Crippen molar-refractivity contribution in [2.45, 2.75) is 13.1 Å². The molecule has 0 saturated carbocycles. The lowest BCUT2D eigenvalue weighted by Crippen LogP contribution is -2.30. The van der Waals surface area contributed by atoms with Gasteiger partial charge in [0, 0.05) is 35.1 Å². The van der Waals surface area contributed by atoms with Crippen molar-refractivity contribution in [3.8, 4) is 0 Å². The summed E-state index contributed by atoms with van der Waals surface area (Å²) in [7, 11) is 3.41. The first-order valence-corrected chi connectivity index (χ1v) is 8.02. The van der Waals surface area contributed by atoms with Crippen LogP contribution in [0.4, 0.5) is 10.5 Å². The Kier molecular flexibility index (Phi) is 5.77. The number of ether oxygens (including phenoxy) is 1. The average Bonchev–Trinajstić information content (AvgIpc) is 3.05. The van der Waals surface area contributed by atoms with Gasteiger partial charge in [-0.25, -0.2) is 4.79 Å². The molecule has 2 aromatic heterocycles. The summed E-state index contributed by atoms with van der Waals surface area (Å²) >= 11 is 5.02. The van der Waals surface area contributed by atoms with E-state index in [9.17, 15) is 4.79 Å². The van der Waals surface area contributed by atoms with Gasteiger partial charge < -0.3 is 15.0 Å². The van der Waals surface area contributed by atoms with Gasteiger partial charge in [-0.1, -0.05) is 0 Å². The number of rotatable bonds is 6. The van der Waals surface area contributed by atoms with Gasteiger partial charge in [-0.15, -0.1) is 11.3 Å². The third-order valence-electron chi connectivity index (χ3n) is 2.77. The van der Waals surface area contributed by atoms with E-state index < -0.39 is 0 Å². The molecule has 1 N–H and O–H groups in total. The van der Waals surface area contributed by atoms with E-state index in [0.29, 0.717) is 25.4 Å². The highest BCUT2D eigenvalue weighted by Crippen LogP contribution is 2.21. The molecule has 2 aromatic rings. The Bertz CT molecular complexity index is 599. The van der Waals surface area contributed by atoms with Crippen LogP contribution in [0.2, 0.25) is 0 Å². The lowest BCUT2D eigenvalue weighted by atomic mass is 10.4. The fraction of sp³-hybridized carbons (Fsp3) is 0.385. The predicted octanol–water partition coefficient (Wildman–Crippen LogP) is 3.02. The minimum atomic E-state index is -0.161. The summed E-state index contributed by atoms with van der Waals surface area (Å²) in [4.78, 5) is 14.8. The van der Waals surface area contributed by atoms with Crippen LogP contribution in [0.1, 0.15) is 4.88 Å². The summed E-state index contributed by atoms with van der Waals surface area (Å²) in [6.07, 6.45) is 3.41. The number of carbonyl (C=O) groups excluding carboxylic acids is 1. The molecule has 0 atom stereocenters. The zero-order valence-corrected chi connectivity index (χ0v) is 14.3. The number of nitrogens with zero attached hydrogens (tertiary/aromatic N) is 3. The van der Waals surface area contributed by atoms with Crippen LogP contribution in [0.3, 0.4) is 0 Å². The van der Waals surface area contributed by atoms with Gasteiger partial charge in [0.2, 0.25) is 0 Å². The molecule has 0 aliphatic rings. The second-order valence-electron chi connectivity index (χ2n) is 4.50. The Labute approximate surface area is 135 Å². The summed E-state index contributed by atoms with van der Waals surface area (Å²) in [6.45, 7) is 1.81. The van der Waals surface area contributed by atoms with E-state index in [-0.39, 0.29) is 6.03 Å². The number of halogens is 1. The molecular formula is C13H17BrN4O2S. The highest BCUT2D eigenvalue weighted by molar-refractivity contribution is 9.10. The number of amides is 2. The van der Waals surface area contributed by atoms with Crippen molar-refractivity contribution in [1.29, 1.82) is 0 Å². The van der Waals surface area contributed by atoms with Gasteiger partial charge in [0.15, 0.2) is 0 Å². The van der Waals surface area contributed by atoms with Gasteiger partial charge in [0.25, 0.3) is 0 Å². The van der Waals surface area contributed by atoms with Crippen molar-refractivity contribution in [3.05, 3.63) is 33.2 Å². The molecule has 6 nitrogen and oxygen atoms in total. The molecule has 0 fully saturated rings.